The summed E-state index contributed by atoms with van der Waals surface area (Å²) in [5.41, 5.74) is 0. The molecule has 1 heterocycles. The Morgan fingerprint density at radius 3 is 2.40 bits per heavy atom. The van der Waals surface area contributed by atoms with Gasteiger partial charge in [0.1, 0.15) is 4.90 Å². The molecule has 1 atom stereocenters. The van der Waals surface area contributed by atoms with Crippen LogP contribution in [0.1, 0.15) is 39.5 Å². The summed E-state index contributed by atoms with van der Waals surface area (Å²) in [6.45, 7) is 4.68. The number of anilines is 1. The summed E-state index contributed by atoms with van der Waals surface area (Å²) in [5.74, 6) is 0.778. The van der Waals surface area contributed by atoms with Crippen LogP contribution in [0.2, 0.25) is 0 Å². The monoisotopic (exact) mass is 300 g/mol. The van der Waals surface area contributed by atoms with Crippen LogP contribution in [0.25, 0.3) is 0 Å². The van der Waals surface area contributed by atoms with Gasteiger partial charge in [-0.1, -0.05) is 33.1 Å². The lowest BCUT2D eigenvalue weighted by molar-refractivity contribution is 0.443. The number of unbranched alkanes of at least 4 members (excludes halogenated alkanes) is 1. The van der Waals surface area contributed by atoms with Gasteiger partial charge in [-0.15, -0.1) is 0 Å². The fourth-order valence-electron chi connectivity index (χ4n) is 1.84. The van der Waals surface area contributed by atoms with Crippen molar-refractivity contribution in [2.75, 3.05) is 18.9 Å². The molecule has 0 fully saturated rings. The van der Waals surface area contributed by atoms with Crippen molar-refractivity contribution in [2.45, 2.75) is 44.4 Å². The molecule has 0 aliphatic heterocycles. The molecule has 0 amide bonds. The van der Waals surface area contributed by atoms with E-state index in [-0.39, 0.29) is 4.90 Å². The highest BCUT2D eigenvalue weighted by atomic mass is 32.2. The van der Waals surface area contributed by atoms with Crippen LogP contribution in [0.5, 0.6) is 0 Å². The van der Waals surface area contributed by atoms with Gasteiger partial charge >= 0.3 is 0 Å². The van der Waals surface area contributed by atoms with Crippen molar-refractivity contribution < 1.29 is 8.42 Å². The molecule has 1 aromatic heterocycles. The Labute approximate surface area is 121 Å². The first-order valence-corrected chi connectivity index (χ1v) is 8.51. The smallest absolute Gasteiger partial charge is 0.243 e. The van der Waals surface area contributed by atoms with Crippen molar-refractivity contribution in [3.05, 3.63) is 12.4 Å². The van der Waals surface area contributed by atoms with Gasteiger partial charge < -0.3 is 5.32 Å². The maximum absolute atomic E-state index is 12.1. The zero-order valence-corrected chi connectivity index (χ0v) is 13.2. The van der Waals surface area contributed by atoms with E-state index in [4.69, 9.17) is 0 Å². The third-order valence-corrected chi connectivity index (χ3v) is 4.65. The summed E-state index contributed by atoms with van der Waals surface area (Å²) in [6, 6.07) is 0. The summed E-state index contributed by atoms with van der Waals surface area (Å²) in [7, 11) is -1.84. The van der Waals surface area contributed by atoms with Gasteiger partial charge in [0.25, 0.3) is 0 Å². The van der Waals surface area contributed by atoms with Gasteiger partial charge in [-0.25, -0.2) is 23.1 Å². The Morgan fingerprint density at radius 1 is 1.25 bits per heavy atom. The number of sulfonamides is 1. The average Bonchev–Trinajstić information content (AvgIpc) is 2.47. The number of hydrogen-bond donors (Lipinski definition) is 2. The van der Waals surface area contributed by atoms with E-state index in [0.29, 0.717) is 18.4 Å². The highest BCUT2D eigenvalue weighted by Crippen LogP contribution is 2.13. The molecule has 0 aliphatic carbocycles. The second-order valence-electron chi connectivity index (χ2n) is 4.76. The molecule has 0 saturated heterocycles. The lowest BCUT2D eigenvalue weighted by Crippen LogP contribution is -2.29. The normalized spacial score (nSPS) is 13.2. The first-order valence-electron chi connectivity index (χ1n) is 7.03. The second-order valence-corrected chi connectivity index (χ2v) is 6.53. The molecule has 0 aliphatic rings. The van der Waals surface area contributed by atoms with Gasteiger partial charge in [-0.3, -0.25) is 0 Å². The lowest BCUT2D eigenvalue weighted by Gasteiger charge is -2.15. The number of rotatable bonds is 9. The third-order valence-electron chi connectivity index (χ3n) is 3.27. The molecule has 1 rings (SSSR count). The Balaban J connectivity index is 2.63. The van der Waals surface area contributed by atoms with E-state index in [1.165, 1.54) is 12.4 Å². The largest absolute Gasteiger partial charge is 0.357 e. The molecule has 1 unspecified atom stereocenters. The van der Waals surface area contributed by atoms with Crippen molar-refractivity contribution in [3.63, 3.8) is 0 Å². The lowest BCUT2D eigenvalue weighted by atomic mass is 10.00. The van der Waals surface area contributed by atoms with E-state index >= 15 is 0 Å². The van der Waals surface area contributed by atoms with E-state index in [1.807, 2.05) is 0 Å². The van der Waals surface area contributed by atoms with Gasteiger partial charge in [0, 0.05) is 13.6 Å². The van der Waals surface area contributed by atoms with Gasteiger partial charge in [0.2, 0.25) is 16.0 Å². The topological polar surface area (TPSA) is 84.0 Å². The maximum Gasteiger partial charge on any atom is 0.243 e. The Hall–Kier alpha value is -1.21. The minimum absolute atomic E-state index is 0.0989. The molecule has 0 aromatic carbocycles. The van der Waals surface area contributed by atoms with Crippen LogP contribution in [0.3, 0.4) is 0 Å². The predicted molar refractivity (Wildman–Crippen MR) is 80.1 cm³/mol. The molecule has 7 heteroatoms. The Kier molecular flexibility index (Phi) is 6.87. The number of hydrogen-bond acceptors (Lipinski definition) is 5. The molecule has 0 bridgehead atoms. The summed E-state index contributed by atoms with van der Waals surface area (Å²) >= 11 is 0. The van der Waals surface area contributed by atoms with E-state index < -0.39 is 10.0 Å². The molecule has 0 saturated carbocycles. The molecule has 0 radical (unpaired) electrons. The molecule has 6 nitrogen and oxygen atoms in total. The van der Waals surface area contributed by atoms with Crippen LogP contribution in [-0.4, -0.2) is 32.0 Å². The van der Waals surface area contributed by atoms with Crippen LogP contribution in [-0.2, 0) is 10.0 Å². The average molecular weight is 300 g/mol. The molecule has 1 aromatic rings. The van der Waals surface area contributed by atoms with Crippen molar-refractivity contribution in [1.29, 1.82) is 0 Å². The molecule has 20 heavy (non-hydrogen) atoms. The molecule has 114 valence electrons. The van der Waals surface area contributed by atoms with Gasteiger partial charge in [0.05, 0.1) is 12.4 Å². The quantitative estimate of drug-likeness (QED) is 0.729. The van der Waals surface area contributed by atoms with E-state index in [1.54, 1.807) is 7.05 Å². The SMILES string of the molecule is CCCCC(CC)CNS(=O)(=O)c1cnc(NC)nc1. The number of aromatic nitrogens is 2. The zero-order chi connectivity index (χ0) is 15.0. The zero-order valence-electron chi connectivity index (χ0n) is 12.4. The van der Waals surface area contributed by atoms with Crippen molar-refractivity contribution in [1.82, 2.24) is 14.7 Å². The Bertz CT molecular complexity index is 488. The summed E-state index contributed by atoms with van der Waals surface area (Å²) < 4.78 is 26.9. The van der Waals surface area contributed by atoms with Crippen LogP contribution >= 0.6 is 0 Å². The van der Waals surface area contributed by atoms with Crippen LogP contribution in [0.15, 0.2) is 17.3 Å². The van der Waals surface area contributed by atoms with Gasteiger partial charge in [-0.05, 0) is 12.3 Å². The highest BCUT2D eigenvalue weighted by Gasteiger charge is 2.17. The van der Waals surface area contributed by atoms with Crippen molar-refractivity contribution in [3.8, 4) is 0 Å². The van der Waals surface area contributed by atoms with Crippen molar-refractivity contribution in [2.24, 2.45) is 5.92 Å². The number of nitrogens with zero attached hydrogens (tertiary/aromatic N) is 2. The second kappa shape index (κ2) is 8.16. The molecular weight excluding hydrogens is 276 g/mol. The highest BCUT2D eigenvalue weighted by molar-refractivity contribution is 7.89. The van der Waals surface area contributed by atoms with E-state index in [2.05, 4.69) is 33.9 Å². The minimum Gasteiger partial charge on any atom is -0.357 e. The Morgan fingerprint density at radius 2 is 1.90 bits per heavy atom. The number of nitrogens with one attached hydrogen (secondary N) is 2. The standard InChI is InChI=1S/C13H24N4O2S/c1-4-6-7-11(5-2)8-17-20(18,19)12-9-15-13(14-3)16-10-12/h9-11,17H,4-8H2,1-3H3,(H,14,15,16). The first kappa shape index (κ1) is 16.8. The van der Waals surface area contributed by atoms with Crippen molar-refractivity contribution >= 4 is 16.0 Å². The summed E-state index contributed by atoms with van der Waals surface area (Å²) in [6.07, 6.45) is 6.90. The third kappa shape index (κ3) is 5.05. The van der Waals surface area contributed by atoms with Crippen LogP contribution < -0.4 is 10.0 Å². The fourth-order valence-corrected chi connectivity index (χ4v) is 2.84. The molecule has 2 N–H and O–H groups in total. The van der Waals surface area contributed by atoms with Gasteiger partial charge in [0.15, 0.2) is 0 Å². The van der Waals surface area contributed by atoms with Crippen LogP contribution in [0.4, 0.5) is 5.95 Å². The van der Waals surface area contributed by atoms with E-state index in [9.17, 15) is 8.42 Å². The minimum atomic E-state index is -3.52. The van der Waals surface area contributed by atoms with Gasteiger partial charge in [-0.2, -0.15) is 0 Å². The summed E-state index contributed by atoms with van der Waals surface area (Å²) in [4.78, 5) is 7.94. The predicted octanol–water partition coefficient (Wildman–Crippen LogP) is 2.01. The molecule has 0 spiro atoms. The summed E-state index contributed by atoms with van der Waals surface area (Å²) in [5, 5.41) is 2.75. The van der Waals surface area contributed by atoms with E-state index in [0.717, 1.165) is 25.7 Å². The maximum atomic E-state index is 12.1. The first-order chi connectivity index (χ1) is 9.53. The molecular formula is C13H24N4O2S. The fraction of sp³-hybridized carbons (Fsp3) is 0.692. The van der Waals surface area contributed by atoms with Crippen LogP contribution in [0, 0.1) is 5.92 Å².